The van der Waals surface area contributed by atoms with Crippen LogP contribution in [0.5, 0.6) is 5.88 Å². The third-order valence-electron chi connectivity index (χ3n) is 5.10. The molecule has 0 saturated carbocycles. The van der Waals surface area contributed by atoms with Crippen LogP contribution in [0.15, 0.2) is 64.5 Å². The van der Waals surface area contributed by atoms with Crippen LogP contribution >= 0.6 is 0 Å². The molecule has 0 atom stereocenters. The van der Waals surface area contributed by atoms with E-state index in [1.54, 1.807) is 36.4 Å². The normalized spacial score (nSPS) is 10.5. The van der Waals surface area contributed by atoms with E-state index in [1.165, 1.54) is 12.3 Å². The van der Waals surface area contributed by atoms with Gasteiger partial charge in [0.25, 0.3) is 0 Å². The van der Waals surface area contributed by atoms with Gasteiger partial charge in [0.2, 0.25) is 5.88 Å². The van der Waals surface area contributed by atoms with Gasteiger partial charge < -0.3 is 13.9 Å². The van der Waals surface area contributed by atoms with Crippen molar-refractivity contribution in [2.24, 2.45) is 0 Å². The number of unbranched alkanes of at least 4 members (excludes halogenated alkanes) is 5. The van der Waals surface area contributed by atoms with E-state index >= 15 is 0 Å². The van der Waals surface area contributed by atoms with E-state index in [-0.39, 0.29) is 5.97 Å². The number of benzene rings is 1. The van der Waals surface area contributed by atoms with Crippen LogP contribution in [0.4, 0.5) is 0 Å². The summed E-state index contributed by atoms with van der Waals surface area (Å²) in [6.45, 7) is 4.34. The first-order valence-electron chi connectivity index (χ1n) is 11.0. The number of nitrogens with zero attached hydrogens (tertiary/aromatic N) is 2. The Labute approximate surface area is 192 Å². The summed E-state index contributed by atoms with van der Waals surface area (Å²) in [5.41, 5.74) is 1.39. The number of nitriles is 1. The maximum absolute atomic E-state index is 12.4. The highest BCUT2D eigenvalue weighted by Gasteiger charge is 2.10. The van der Waals surface area contributed by atoms with Gasteiger partial charge in [0.15, 0.2) is 5.58 Å². The predicted molar refractivity (Wildman–Crippen MR) is 125 cm³/mol. The fourth-order valence-corrected chi connectivity index (χ4v) is 3.36. The van der Waals surface area contributed by atoms with Gasteiger partial charge >= 0.3 is 11.6 Å². The van der Waals surface area contributed by atoms with Crippen LogP contribution < -0.4 is 10.4 Å². The first kappa shape index (κ1) is 23.7. The van der Waals surface area contributed by atoms with E-state index in [1.807, 2.05) is 0 Å². The van der Waals surface area contributed by atoms with Crippen molar-refractivity contribution in [2.75, 3.05) is 13.2 Å². The van der Waals surface area contributed by atoms with Gasteiger partial charge in [-0.1, -0.05) is 44.4 Å². The molecule has 0 unspecified atom stereocenters. The Morgan fingerprint density at radius 2 is 1.85 bits per heavy atom. The van der Waals surface area contributed by atoms with Crippen molar-refractivity contribution in [1.29, 1.82) is 5.26 Å². The Hall–Kier alpha value is -3.92. The second kappa shape index (κ2) is 12.2. The van der Waals surface area contributed by atoms with Crippen LogP contribution in [0.1, 0.15) is 44.1 Å². The molecule has 3 aromatic rings. The average Bonchev–Trinajstić information content (AvgIpc) is 2.84. The Balaban J connectivity index is 1.48. The fourth-order valence-electron chi connectivity index (χ4n) is 3.36. The second-order valence-corrected chi connectivity index (χ2v) is 7.54. The summed E-state index contributed by atoms with van der Waals surface area (Å²) in [4.78, 5) is 27.5. The molecule has 0 aliphatic rings. The van der Waals surface area contributed by atoms with Crippen molar-refractivity contribution in [2.45, 2.75) is 38.5 Å². The number of pyridine rings is 1. The number of esters is 1. The first-order chi connectivity index (χ1) is 16.1. The van der Waals surface area contributed by atoms with Crippen molar-refractivity contribution in [3.8, 4) is 23.1 Å². The SMILES string of the molecule is C=CC(=O)OCCCCCCCCOc1cc2cc(-c3cccc(C#N)c3)c(=O)oc2cn1. The molecular formula is C26H26N2O5. The first-order valence-corrected chi connectivity index (χ1v) is 11.0. The van der Waals surface area contributed by atoms with Crippen LogP contribution in [-0.2, 0) is 9.53 Å². The van der Waals surface area contributed by atoms with Crippen molar-refractivity contribution in [1.82, 2.24) is 4.98 Å². The van der Waals surface area contributed by atoms with Crippen LogP contribution in [0.2, 0.25) is 0 Å². The number of rotatable bonds is 12. The summed E-state index contributed by atoms with van der Waals surface area (Å²) in [6.07, 6.45) is 8.64. The summed E-state index contributed by atoms with van der Waals surface area (Å²) in [5.74, 6) is 0.0955. The van der Waals surface area contributed by atoms with Gasteiger partial charge in [-0.05, 0) is 36.6 Å². The number of carbonyl (C=O) groups excluding carboxylic acids is 1. The predicted octanol–water partition coefficient (Wildman–Crippen LogP) is 5.18. The third kappa shape index (κ3) is 7.04. The maximum atomic E-state index is 12.4. The highest BCUT2D eigenvalue weighted by molar-refractivity contribution is 5.82. The maximum Gasteiger partial charge on any atom is 0.344 e. The number of ether oxygens (including phenoxy) is 2. The van der Waals surface area contributed by atoms with Gasteiger partial charge in [0.1, 0.15) is 0 Å². The van der Waals surface area contributed by atoms with Crippen LogP contribution in [-0.4, -0.2) is 24.2 Å². The standard InChI is InChI=1S/C26H26N2O5/c1-2-25(29)32-13-8-6-4-3-5-7-12-31-24-16-21-15-22(26(30)33-23(21)18-28-24)20-11-9-10-19(14-20)17-27/h2,9-11,14-16,18H,1,3-8,12-13H2. The highest BCUT2D eigenvalue weighted by Crippen LogP contribution is 2.24. The molecule has 1 aromatic carbocycles. The van der Waals surface area contributed by atoms with E-state index in [2.05, 4.69) is 17.6 Å². The molecule has 0 N–H and O–H groups in total. The summed E-state index contributed by atoms with van der Waals surface area (Å²) >= 11 is 0. The number of hydrogen-bond acceptors (Lipinski definition) is 7. The van der Waals surface area contributed by atoms with E-state index < -0.39 is 5.63 Å². The molecule has 0 spiro atoms. The molecule has 0 radical (unpaired) electrons. The third-order valence-corrected chi connectivity index (χ3v) is 5.10. The molecule has 0 aliphatic heterocycles. The molecule has 7 heteroatoms. The summed E-state index contributed by atoms with van der Waals surface area (Å²) in [6, 6.07) is 12.4. The molecule has 0 amide bonds. The lowest BCUT2D eigenvalue weighted by Crippen LogP contribution is -2.04. The van der Waals surface area contributed by atoms with Crippen molar-refractivity contribution < 1.29 is 18.7 Å². The zero-order chi connectivity index (χ0) is 23.5. The van der Waals surface area contributed by atoms with Gasteiger partial charge in [0.05, 0.1) is 36.6 Å². The fraction of sp³-hybridized carbons (Fsp3) is 0.308. The average molecular weight is 447 g/mol. The van der Waals surface area contributed by atoms with Crippen LogP contribution in [0.3, 0.4) is 0 Å². The van der Waals surface area contributed by atoms with Crippen molar-refractivity contribution in [3.63, 3.8) is 0 Å². The summed E-state index contributed by atoms with van der Waals surface area (Å²) in [7, 11) is 0. The largest absolute Gasteiger partial charge is 0.478 e. The molecule has 7 nitrogen and oxygen atoms in total. The molecular weight excluding hydrogens is 420 g/mol. The lowest BCUT2D eigenvalue weighted by atomic mass is 10.0. The van der Waals surface area contributed by atoms with E-state index in [0.29, 0.717) is 46.8 Å². The Kier molecular flexibility index (Phi) is 8.78. The van der Waals surface area contributed by atoms with Crippen LogP contribution in [0.25, 0.3) is 22.1 Å². The monoisotopic (exact) mass is 446 g/mol. The molecule has 3 rings (SSSR count). The molecule has 0 bridgehead atoms. The molecule has 0 fully saturated rings. The van der Waals surface area contributed by atoms with Crippen molar-refractivity contribution >= 4 is 16.9 Å². The number of aromatic nitrogens is 1. The molecule has 33 heavy (non-hydrogen) atoms. The minimum Gasteiger partial charge on any atom is -0.478 e. The summed E-state index contributed by atoms with van der Waals surface area (Å²) < 4.78 is 16.1. The Morgan fingerprint density at radius 1 is 1.09 bits per heavy atom. The molecule has 0 saturated heterocycles. The van der Waals surface area contributed by atoms with Crippen LogP contribution in [0, 0.1) is 11.3 Å². The van der Waals surface area contributed by atoms with E-state index in [0.717, 1.165) is 38.5 Å². The zero-order valence-electron chi connectivity index (χ0n) is 18.4. The zero-order valence-corrected chi connectivity index (χ0v) is 18.4. The van der Waals surface area contributed by atoms with Gasteiger partial charge in [0, 0.05) is 17.5 Å². The van der Waals surface area contributed by atoms with E-state index in [4.69, 9.17) is 19.2 Å². The van der Waals surface area contributed by atoms with Gasteiger partial charge in [-0.15, -0.1) is 0 Å². The molecule has 2 heterocycles. The topological polar surface area (TPSA) is 102 Å². The Morgan fingerprint density at radius 3 is 2.61 bits per heavy atom. The van der Waals surface area contributed by atoms with Gasteiger partial charge in [-0.3, -0.25) is 0 Å². The number of fused-ring (bicyclic) bond motifs is 1. The van der Waals surface area contributed by atoms with Gasteiger partial charge in [-0.2, -0.15) is 5.26 Å². The minimum absolute atomic E-state index is 0.374. The van der Waals surface area contributed by atoms with Crippen molar-refractivity contribution in [3.05, 3.63) is 71.2 Å². The molecule has 2 aromatic heterocycles. The Bertz CT molecular complexity index is 1210. The number of carbonyl (C=O) groups is 1. The molecule has 0 aliphatic carbocycles. The minimum atomic E-state index is -0.480. The smallest absolute Gasteiger partial charge is 0.344 e. The highest BCUT2D eigenvalue weighted by atomic mass is 16.5. The second-order valence-electron chi connectivity index (χ2n) is 7.54. The van der Waals surface area contributed by atoms with Gasteiger partial charge in [-0.25, -0.2) is 14.6 Å². The number of hydrogen-bond donors (Lipinski definition) is 0. The summed E-state index contributed by atoms with van der Waals surface area (Å²) in [5, 5.41) is 9.81. The lowest BCUT2D eigenvalue weighted by Gasteiger charge is -2.07. The quantitative estimate of drug-likeness (QED) is 0.215. The lowest BCUT2D eigenvalue weighted by molar-refractivity contribution is -0.137. The molecule has 170 valence electrons. The van der Waals surface area contributed by atoms with E-state index in [9.17, 15) is 9.59 Å².